The second-order valence-electron chi connectivity index (χ2n) is 6.48. The van der Waals surface area contributed by atoms with Crippen molar-refractivity contribution in [2.24, 2.45) is 5.41 Å². The van der Waals surface area contributed by atoms with Crippen LogP contribution in [0.4, 0.5) is 9.93 Å². The molecule has 4 N–H and O–H groups in total. The SMILES string of the molecule is CCCCC(NC(=O)O)(C(O)C(=O)Nc1nccs1)C(C)(C)C. The summed E-state index contributed by atoms with van der Waals surface area (Å²) in [4.78, 5) is 27.7. The molecular weight excluding hydrogens is 318 g/mol. The predicted molar refractivity (Wildman–Crippen MR) is 89.6 cm³/mol. The van der Waals surface area contributed by atoms with E-state index in [0.29, 0.717) is 18.0 Å². The Morgan fingerprint density at radius 2 is 2.04 bits per heavy atom. The van der Waals surface area contributed by atoms with Crippen LogP contribution in [0.25, 0.3) is 0 Å². The van der Waals surface area contributed by atoms with Gasteiger partial charge in [-0.25, -0.2) is 9.78 Å². The summed E-state index contributed by atoms with van der Waals surface area (Å²) in [5.74, 6) is -0.667. The Bertz CT molecular complexity index is 527. The summed E-state index contributed by atoms with van der Waals surface area (Å²) in [6.07, 6.45) is 0.590. The average molecular weight is 343 g/mol. The van der Waals surface area contributed by atoms with Gasteiger partial charge in [-0.2, -0.15) is 0 Å². The van der Waals surface area contributed by atoms with Gasteiger partial charge in [-0.15, -0.1) is 11.3 Å². The lowest BCUT2D eigenvalue weighted by molar-refractivity contribution is -0.132. The van der Waals surface area contributed by atoms with E-state index in [1.165, 1.54) is 17.5 Å². The van der Waals surface area contributed by atoms with Crippen LogP contribution in [0.2, 0.25) is 0 Å². The standard InChI is InChI=1S/C15H25N3O4S/c1-5-6-7-15(14(2,3)4,18-13(21)22)10(19)11(20)17-12-16-8-9-23-12/h8-10,18-19H,5-7H2,1-4H3,(H,21,22)(H,16,17,20). The molecule has 0 aliphatic rings. The highest BCUT2D eigenvalue weighted by Gasteiger charge is 2.51. The van der Waals surface area contributed by atoms with Gasteiger partial charge < -0.3 is 15.5 Å². The molecule has 2 atom stereocenters. The molecule has 0 aliphatic carbocycles. The van der Waals surface area contributed by atoms with Crippen LogP contribution in [0, 0.1) is 5.41 Å². The zero-order valence-corrected chi connectivity index (χ0v) is 14.7. The number of rotatable bonds is 7. The molecule has 23 heavy (non-hydrogen) atoms. The molecule has 1 aromatic rings. The van der Waals surface area contributed by atoms with Crippen LogP contribution >= 0.6 is 11.3 Å². The highest BCUT2D eigenvalue weighted by atomic mass is 32.1. The maximum Gasteiger partial charge on any atom is 0.405 e. The van der Waals surface area contributed by atoms with E-state index in [-0.39, 0.29) is 0 Å². The Hall–Kier alpha value is -1.67. The number of carbonyl (C=O) groups is 2. The fourth-order valence-corrected chi connectivity index (χ4v) is 3.10. The molecule has 0 aromatic carbocycles. The van der Waals surface area contributed by atoms with Crippen molar-refractivity contribution >= 4 is 28.5 Å². The second kappa shape index (κ2) is 7.74. The minimum atomic E-state index is -1.53. The lowest BCUT2D eigenvalue weighted by Crippen LogP contribution is -2.66. The molecule has 1 rings (SSSR count). The fraction of sp³-hybridized carbons (Fsp3) is 0.667. The zero-order valence-electron chi connectivity index (χ0n) is 13.9. The van der Waals surface area contributed by atoms with E-state index in [1.54, 1.807) is 26.2 Å². The molecule has 8 heteroatoms. The lowest BCUT2D eigenvalue weighted by Gasteiger charge is -2.47. The molecule has 2 amide bonds. The van der Waals surface area contributed by atoms with Crippen LogP contribution in [0.1, 0.15) is 47.0 Å². The number of carbonyl (C=O) groups excluding carboxylic acids is 1. The van der Waals surface area contributed by atoms with Gasteiger partial charge in [0.25, 0.3) is 5.91 Å². The van der Waals surface area contributed by atoms with E-state index >= 15 is 0 Å². The number of nitrogens with zero attached hydrogens (tertiary/aromatic N) is 1. The van der Waals surface area contributed by atoms with Crippen molar-refractivity contribution in [1.29, 1.82) is 0 Å². The fourth-order valence-electron chi connectivity index (χ4n) is 2.57. The summed E-state index contributed by atoms with van der Waals surface area (Å²) in [5, 5.41) is 26.9. The average Bonchev–Trinajstić information content (AvgIpc) is 2.93. The van der Waals surface area contributed by atoms with Gasteiger partial charge in [0.1, 0.15) is 0 Å². The van der Waals surface area contributed by atoms with Crippen molar-refractivity contribution in [3.05, 3.63) is 11.6 Å². The highest BCUT2D eigenvalue weighted by Crippen LogP contribution is 2.38. The summed E-state index contributed by atoms with van der Waals surface area (Å²) in [7, 11) is 0. The number of anilines is 1. The van der Waals surface area contributed by atoms with Crippen LogP contribution in [0.15, 0.2) is 11.6 Å². The van der Waals surface area contributed by atoms with Crippen LogP contribution in [0.3, 0.4) is 0 Å². The van der Waals surface area contributed by atoms with Crippen molar-refractivity contribution in [2.75, 3.05) is 5.32 Å². The van der Waals surface area contributed by atoms with Gasteiger partial charge in [-0.1, -0.05) is 40.5 Å². The number of unbranched alkanes of at least 4 members (excludes halogenated alkanes) is 1. The third-order valence-electron chi connectivity index (χ3n) is 3.97. The third kappa shape index (κ3) is 4.65. The number of hydrogen-bond donors (Lipinski definition) is 4. The Balaban J connectivity index is 3.13. The quantitative estimate of drug-likeness (QED) is 0.608. The number of hydrogen-bond acceptors (Lipinski definition) is 5. The summed E-state index contributed by atoms with van der Waals surface area (Å²) in [5.41, 5.74) is -1.96. The summed E-state index contributed by atoms with van der Waals surface area (Å²) < 4.78 is 0. The molecule has 0 radical (unpaired) electrons. The first kappa shape index (κ1) is 19.4. The molecule has 1 aromatic heterocycles. The lowest BCUT2D eigenvalue weighted by atomic mass is 9.67. The number of thiazole rings is 1. The highest BCUT2D eigenvalue weighted by molar-refractivity contribution is 7.13. The zero-order chi connectivity index (χ0) is 17.7. The molecular formula is C15H25N3O4S. The molecule has 0 aliphatic heterocycles. The molecule has 1 heterocycles. The van der Waals surface area contributed by atoms with Gasteiger partial charge in [-0.3, -0.25) is 10.1 Å². The molecule has 130 valence electrons. The molecule has 2 unspecified atom stereocenters. The number of carboxylic acid groups (broad SMARTS) is 1. The molecule has 0 saturated heterocycles. The van der Waals surface area contributed by atoms with Crippen LogP contribution in [-0.2, 0) is 4.79 Å². The molecule has 0 fully saturated rings. The van der Waals surface area contributed by atoms with Crippen LogP contribution < -0.4 is 10.6 Å². The van der Waals surface area contributed by atoms with Gasteiger partial charge in [-0.05, 0) is 11.8 Å². The van der Waals surface area contributed by atoms with Gasteiger partial charge in [0.15, 0.2) is 11.2 Å². The Morgan fingerprint density at radius 3 is 2.48 bits per heavy atom. The number of aliphatic hydroxyl groups excluding tert-OH is 1. The van der Waals surface area contributed by atoms with Crippen LogP contribution in [-0.4, -0.2) is 38.8 Å². The Kier molecular flexibility index (Phi) is 6.52. The van der Waals surface area contributed by atoms with E-state index < -0.39 is 29.1 Å². The number of nitrogens with one attached hydrogen (secondary N) is 2. The Labute approximate surface area is 140 Å². The monoisotopic (exact) mass is 343 g/mol. The van der Waals surface area contributed by atoms with Crippen molar-refractivity contribution in [1.82, 2.24) is 10.3 Å². The molecule has 7 nitrogen and oxygen atoms in total. The maximum atomic E-state index is 12.4. The second-order valence-corrected chi connectivity index (χ2v) is 7.38. The molecule has 0 spiro atoms. The molecule has 0 saturated carbocycles. The number of amides is 2. The largest absolute Gasteiger partial charge is 0.465 e. The van der Waals surface area contributed by atoms with E-state index in [1.807, 2.05) is 6.92 Å². The first-order valence-corrected chi connectivity index (χ1v) is 8.41. The van der Waals surface area contributed by atoms with Crippen molar-refractivity contribution in [3.63, 3.8) is 0 Å². The number of aliphatic hydroxyl groups is 1. The maximum absolute atomic E-state index is 12.4. The van der Waals surface area contributed by atoms with Crippen molar-refractivity contribution < 1.29 is 19.8 Å². The van der Waals surface area contributed by atoms with E-state index in [9.17, 15) is 19.8 Å². The number of aromatic nitrogens is 1. The van der Waals surface area contributed by atoms with Crippen molar-refractivity contribution in [3.8, 4) is 0 Å². The van der Waals surface area contributed by atoms with E-state index in [2.05, 4.69) is 15.6 Å². The van der Waals surface area contributed by atoms with Gasteiger partial charge in [0.05, 0.1) is 5.54 Å². The minimum Gasteiger partial charge on any atom is -0.465 e. The van der Waals surface area contributed by atoms with E-state index in [4.69, 9.17) is 0 Å². The first-order valence-electron chi connectivity index (χ1n) is 7.53. The van der Waals surface area contributed by atoms with Crippen LogP contribution in [0.5, 0.6) is 0 Å². The third-order valence-corrected chi connectivity index (χ3v) is 4.66. The summed E-state index contributed by atoms with van der Waals surface area (Å²) >= 11 is 1.23. The minimum absolute atomic E-state index is 0.353. The smallest absolute Gasteiger partial charge is 0.405 e. The summed E-state index contributed by atoms with van der Waals surface area (Å²) in [6.45, 7) is 7.38. The first-order chi connectivity index (χ1) is 10.6. The summed E-state index contributed by atoms with van der Waals surface area (Å²) in [6, 6.07) is 0. The van der Waals surface area contributed by atoms with E-state index in [0.717, 1.165) is 6.42 Å². The topological polar surface area (TPSA) is 112 Å². The van der Waals surface area contributed by atoms with Gasteiger partial charge >= 0.3 is 6.09 Å². The normalized spacial score (nSPS) is 15.5. The predicted octanol–water partition coefficient (Wildman–Crippen LogP) is 2.69. The van der Waals surface area contributed by atoms with Gasteiger partial charge in [0.2, 0.25) is 0 Å². The van der Waals surface area contributed by atoms with Gasteiger partial charge in [0, 0.05) is 11.6 Å². The Morgan fingerprint density at radius 1 is 1.39 bits per heavy atom. The van der Waals surface area contributed by atoms with Crippen molar-refractivity contribution in [2.45, 2.75) is 58.6 Å². The molecule has 0 bridgehead atoms.